The first kappa shape index (κ1) is 15.3. The van der Waals surface area contributed by atoms with Crippen LogP contribution in [-0.4, -0.2) is 28.5 Å². The zero-order valence-corrected chi connectivity index (χ0v) is 11.8. The molecule has 0 saturated heterocycles. The number of aliphatic hydroxyl groups excluding tert-OH is 1. The van der Waals surface area contributed by atoms with Crippen LogP contribution in [-0.2, 0) is 4.74 Å². The van der Waals surface area contributed by atoms with Crippen LogP contribution in [0.1, 0.15) is 48.0 Å². The molecule has 0 aliphatic carbocycles. The summed E-state index contributed by atoms with van der Waals surface area (Å²) in [5.41, 5.74) is 0.363. The first-order chi connectivity index (χ1) is 6.62. The van der Waals surface area contributed by atoms with Gasteiger partial charge in [0.15, 0.2) is 6.29 Å². The highest BCUT2D eigenvalue weighted by Gasteiger charge is 2.25. The smallest absolute Gasteiger partial charge is 0.151 e. The van der Waals surface area contributed by atoms with Crippen molar-refractivity contribution in [3.05, 3.63) is 0 Å². The molecule has 0 spiro atoms. The first-order valence-corrected chi connectivity index (χ1v) is 6.55. The van der Waals surface area contributed by atoms with Gasteiger partial charge >= 0.3 is 0 Å². The Balaban J connectivity index is 3.74. The fourth-order valence-electron chi connectivity index (χ4n) is 1.86. The summed E-state index contributed by atoms with van der Waals surface area (Å²) in [6.45, 7) is 13.6. The molecule has 0 aromatic carbocycles. The lowest BCUT2D eigenvalue weighted by Crippen LogP contribution is -2.24. The first-order valence-electron chi connectivity index (χ1n) is 5.56. The minimum atomic E-state index is -0.642. The molecular weight excluding hydrogens is 208 g/mol. The molecule has 0 heterocycles. The van der Waals surface area contributed by atoms with Crippen LogP contribution in [0.15, 0.2) is 0 Å². The van der Waals surface area contributed by atoms with E-state index in [-0.39, 0.29) is 4.75 Å². The average Bonchev–Trinajstić information content (AvgIpc) is 1.93. The third-order valence-corrected chi connectivity index (χ3v) is 3.19. The molecule has 0 saturated carbocycles. The molecule has 0 aromatic rings. The van der Waals surface area contributed by atoms with Gasteiger partial charge < -0.3 is 9.84 Å². The van der Waals surface area contributed by atoms with E-state index in [4.69, 9.17) is 9.84 Å². The summed E-state index contributed by atoms with van der Waals surface area (Å²) >= 11 is 1.91. The summed E-state index contributed by atoms with van der Waals surface area (Å²) in [4.78, 5) is 0. The van der Waals surface area contributed by atoms with Crippen molar-refractivity contribution in [2.75, 3.05) is 12.4 Å². The zero-order chi connectivity index (χ0) is 12.1. The molecule has 1 atom stereocenters. The van der Waals surface area contributed by atoms with E-state index in [1.54, 1.807) is 6.92 Å². The van der Waals surface area contributed by atoms with Gasteiger partial charge in [-0.05, 0) is 18.8 Å². The molecule has 2 nitrogen and oxygen atoms in total. The van der Waals surface area contributed by atoms with Crippen molar-refractivity contribution in [1.82, 2.24) is 0 Å². The van der Waals surface area contributed by atoms with Gasteiger partial charge in [0.1, 0.15) is 0 Å². The number of thioether (sulfide) groups is 1. The van der Waals surface area contributed by atoms with Crippen molar-refractivity contribution >= 4 is 11.8 Å². The fourth-order valence-corrected chi connectivity index (χ4v) is 3.13. The van der Waals surface area contributed by atoms with E-state index in [9.17, 15) is 0 Å². The Hall–Kier alpha value is 0.270. The molecule has 15 heavy (non-hydrogen) atoms. The lowest BCUT2D eigenvalue weighted by Gasteiger charge is -2.32. The summed E-state index contributed by atoms with van der Waals surface area (Å²) < 4.78 is 5.38. The Kier molecular flexibility index (Phi) is 6.23. The number of aliphatic hydroxyl groups is 1. The molecule has 0 aliphatic heterocycles. The van der Waals surface area contributed by atoms with Crippen molar-refractivity contribution < 1.29 is 9.84 Å². The standard InChI is InChI=1S/C12H26O2S/c1-10(13)14-7-8-15-12(5,6)9-11(2,3)4/h10,13H,7-9H2,1-6H3. The Labute approximate surface area is 98.8 Å². The van der Waals surface area contributed by atoms with Gasteiger partial charge in [-0.3, -0.25) is 0 Å². The van der Waals surface area contributed by atoms with Gasteiger partial charge in [0.05, 0.1) is 6.61 Å². The van der Waals surface area contributed by atoms with Gasteiger partial charge in [-0.25, -0.2) is 0 Å². The summed E-state index contributed by atoms with van der Waals surface area (Å²) in [7, 11) is 0. The van der Waals surface area contributed by atoms with Crippen molar-refractivity contribution in [2.45, 2.75) is 59.0 Å². The van der Waals surface area contributed by atoms with Gasteiger partial charge in [0, 0.05) is 10.5 Å². The molecule has 0 aromatic heterocycles. The molecule has 0 bridgehead atoms. The van der Waals surface area contributed by atoms with Crippen molar-refractivity contribution in [3.63, 3.8) is 0 Å². The molecule has 0 amide bonds. The van der Waals surface area contributed by atoms with Crippen molar-refractivity contribution in [3.8, 4) is 0 Å². The maximum Gasteiger partial charge on any atom is 0.151 e. The van der Waals surface area contributed by atoms with E-state index < -0.39 is 6.29 Å². The van der Waals surface area contributed by atoms with Crippen LogP contribution in [0.3, 0.4) is 0 Å². The second-order valence-corrected chi connectivity index (χ2v) is 7.62. The van der Waals surface area contributed by atoms with Crippen LogP contribution in [0.2, 0.25) is 0 Å². The molecular formula is C12H26O2S. The zero-order valence-electron chi connectivity index (χ0n) is 11.0. The van der Waals surface area contributed by atoms with Crippen LogP contribution < -0.4 is 0 Å². The number of hydrogen-bond acceptors (Lipinski definition) is 3. The Bertz CT molecular complexity index is 171. The maximum absolute atomic E-state index is 8.94. The quantitative estimate of drug-likeness (QED) is 0.565. The van der Waals surface area contributed by atoms with Gasteiger partial charge in [-0.15, -0.1) is 0 Å². The molecule has 0 fully saturated rings. The second kappa shape index (κ2) is 6.12. The molecule has 92 valence electrons. The van der Waals surface area contributed by atoms with Gasteiger partial charge in [0.25, 0.3) is 0 Å². The molecule has 0 aliphatic rings. The third kappa shape index (κ3) is 10.6. The lowest BCUT2D eigenvalue weighted by atomic mass is 9.86. The number of hydrogen-bond donors (Lipinski definition) is 1. The van der Waals surface area contributed by atoms with Gasteiger partial charge in [0.2, 0.25) is 0 Å². The van der Waals surface area contributed by atoms with E-state index in [0.29, 0.717) is 12.0 Å². The summed E-state index contributed by atoms with van der Waals surface area (Å²) in [6, 6.07) is 0. The predicted molar refractivity (Wildman–Crippen MR) is 68.2 cm³/mol. The molecule has 1 unspecified atom stereocenters. The SMILES string of the molecule is CC(O)OCCSC(C)(C)CC(C)(C)C. The Morgan fingerprint density at radius 1 is 1.20 bits per heavy atom. The van der Waals surface area contributed by atoms with Crippen molar-refractivity contribution in [1.29, 1.82) is 0 Å². The van der Waals surface area contributed by atoms with Gasteiger partial charge in [-0.2, -0.15) is 11.8 Å². The summed E-state index contributed by atoms with van der Waals surface area (Å²) in [6.07, 6.45) is 0.538. The fraction of sp³-hybridized carbons (Fsp3) is 1.00. The minimum Gasteiger partial charge on any atom is -0.368 e. The summed E-state index contributed by atoms with van der Waals surface area (Å²) in [5, 5.41) is 8.94. The Morgan fingerprint density at radius 2 is 1.73 bits per heavy atom. The lowest BCUT2D eigenvalue weighted by molar-refractivity contribution is -0.0790. The average molecular weight is 234 g/mol. The summed E-state index contributed by atoms with van der Waals surface area (Å²) in [5.74, 6) is 0.938. The highest BCUT2D eigenvalue weighted by molar-refractivity contribution is 8.00. The largest absolute Gasteiger partial charge is 0.368 e. The van der Waals surface area contributed by atoms with E-state index in [1.807, 2.05) is 11.8 Å². The van der Waals surface area contributed by atoms with Crippen LogP contribution >= 0.6 is 11.8 Å². The predicted octanol–water partition coefficient (Wildman–Crippen LogP) is 3.29. The molecule has 1 N–H and O–H groups in total. The van der Waals surface area contributed by atoms with Crippen LogP contribution in [0.25, 0.3) is 0 Å². The normalized spacial score (nSPS) is 15.4. The van der Waals surface area contributed by atoms with E-state index in [1.165, 1.54) is 6.42 Å². The van der Waals surface area contributed by atoms with Crippen LogP contribution in [0, 0.1) is 5.41 Å². The number of rotatable bonds is 6. The monoisotopic (exact) mass is 234 g/mol. The van der Waals surface area contributed by atoms with Crippen LogP contribution in [0.4, 0.5) is 0 Å². The Morgan fingerprint density at radius 3 is 2.13 bits per heavy atom. The molecule has 0 rings (SSSR count). The molecule has 0 radical (unpaired) electrons. The topological polar surface area (TPSA) is 29.5 Å². The highest BCUT2D eigenvalue weighted by atomic mass is 32.2. The maximum atomic E-state index is 8.94. The van der Waals surface area contributed by atoms with Crippen molar-refractivity contribution in [2.24, 2.45) is 5.41 Å². The van der Waals surface area contributed by atoms with E-state index in [2.05, 4.69) is 34.6 Å². The third-order valence-electron chi connectivity index (χ3n) is 1.89. The second-order valence-electron chi connectivity index (χ2n) is 5.82. The highest BCUT2D eigenvalue weighted by Crippen LogP contribution is 2.36. The van der Waals surface area contributed by atoms with E-state index >= 15 is 0 Å². The van der Waals surface area contributed by atoms with Gasteiger partial charge in [-0.1, -0.05) is 34.6 Å². The number of ether oxygens (including phenoxy) is 1. The minimum absolute atomic E-state index is 0.278. The van der Waals surface area contributed by atoms with Crippen LogP contribution in [0.5, 0.6) is 0 Å². The van der Waals surface area contributed by atoms with E-state index in [0.717, 1.165) is 5.75 Å². The molecule has 3 heteroatoms.